The molecule has 0 fully saturated rings. The number of nitrogens with one attached hydrogen (secondary N) is 2. The van der Waals surface area contributed by atoms with Crippen molar-refractivity contribution in [3.05, 3.63) is 63.6 Å². The third kappa shape index (κ3) is 3.32. The first-order chi connectivity index (χ1) is 9.60. The SMILES string of the molecule is CCc1ccc(C(C)NC(=O)c2ccc(=O)[nH]n2)cc1. The summed E-state index contributed by atoms with van der Waals surface area (Å²) in [5, 5.41) is 8.79. The molecule has 2 N–H and O–H groups in total. The topological polar surface area (TPSA) is 74.8 Å². The zero-order valence-electron chi connectivity index (χ0n) is 11.5. The number of H-pyrrole nitrogens is 1. The maximum Gasteiger partial charge on any atom is 0.272 e. The van der Waals surface area contributed by atoms with Gasteiger partial charge in [0.15, 0.2) is 0 Å². The van der Waals surface area contributed by atoms with Crippen LogP contribution >= 0.6 is 0 Å². The summed E-state index contributed by atoms with van der Waals surface area (Å²) in [5.74, 6) is -0.312. The fourth-order valence-electron chi connectivity index (χ4n) is 1.87. The molecule has 0 bridgehead atoms. The van der Waals surface area contributed by atoms with Crippen LogP contribution in [0, 0.1) is 0 Å². The number of aryl methyl sites for hydroxylation is 1. The highest BCUT2D eigenvalue weighted by molar-refractivity contribution is 5.92. The molecular formula is C15H17N3O2. The van der Waals surface area contributed by atoms with E-state index in [-0.39, 0.29) is 23.2 Å². The fraction of sp³-hybridized carbons (Fsp3) is 0.267. The molecule has 1 atom stereocenters. The lowest BCUT2D eigenvalue weighted by molar-refractivity contribution is 0.0933. The van der Waals surface area contributed by atoms with Crippen molar-refractivity contribution < 1.29 is 4.79 Å². The van der Waals surface area contributed by atoms with Crippen LogP contribution in [0.25, 0.3) is 0 Å². The summed E-state index contributed by atoms with van der Waals surface area (Å²) in [6.45, 7) is 4.01. The molecule has 0 saturated carbocycles. The van der Waals surface area contributed by atoms with Gasteiger partial charge in [0, 0.05) is 6.07 Å². The van der Waals surface area contributed by atoms with E-state index in [4.69, 9.17) is 0 Å². The van der Waals surface area contributed by atoms with E-state index < -0.39 is 0 Å². The van der Waals surface area contributed by atoms with Crippen LogP contribution in [0.3, 0.4) is 0 Å². The molecular weight excluding hydrogens is 254 g/mol. The summed E-state index contributed by atoms with van der Waals surface area (Å²) in [5.41, 5.74) is 2.15. The molecule has 0 spiro atoms. The minimum atomic E-state index is -0.329. The van der Waals surface area contributed by atoms with Crippen molar-refractivity contribution in [1.29, 1.82) is 0 Å². The largest absolute Gasteiger partial charge is 0.344 e. The molecule has 0 aliphatic heterocycles. The highest BCUT2D eigenvalue weighted by atomic mass is 16.2. The molecule has 0 aliphatic carbocycles. The highest BCUT2D eigenvalue weighted by Crippen LogP contribution is 2.14. The predicted molar refractivity (Wildman–Crippen MR) is 76.6 cm³/mol. The van der Waals surface area contributed by atoms with E-state index in [9.17, 15) is 9.59 Å². The molecule has 1 aromatic heterocycles. The van der Waals surface area contributed by atoms with Gasteiger partial charge in [-0.2, -0.15) is 5.10 Å². The number of carbonyl (C=O) groups excluding carboxylic acids is 1. The van der Waals surface area contributed by atoms with E-state index >= 15 is 0 Å². The van der Waals surface area contributed by atoms with E-state index in [1.807, 2.05) is 19.1 Å². The first kappa shape index (κ1) is 14.0. The lowest BCUT2D eigenvalue weighted by atomic mass is 10.0. The number of amides is 1. The number of benzene rings is 1. The molecule has 1 heterocycles. The van der Waals surface area contributed by atoms with E-state index in [2.05, 4.69) is 34.6 Å². The third-order valence-electron chi connectivity index (χ3n) is 3.15. The van der Waals surface area contributed by atoms with Crippen LogP contribution in [0.5, 0.6) is 0 Å². The molecule has 2 rings (SSSR count). The highest BCUT2D eigenvalue weighted by Gasteiger charge is 2.12. The molecule has 20 heavy (non-hydrogen) atoms. The Labute approximate surface area is 117 Å². The van der Waals surface area contributed by atoms with Crippen molar-refractivity contribution in [2.75, 3.05) is 0 Å². The van der Waals surface area contributed by atoms with Crippen LogP contribution in [0.4, 0.5) is 0 Å². The average Bonchev–Trinajstić information content (AvgIpc) is 2.48. The van der Waals surface area contributed by atoms with Crippen molar-refractivity contribution in [3.63, 3.8) is 0 Å². The van der Waals surface area contributed by atoms with Gasteiger partial charge >= 0.3 is 0 Å². The van der Waals surface area contributed by atoms with Gasteiger partial charge in [-0.1, -0.05) is 31.2 Å². The van der Waals surface area contributed by atoms with Gasteiger partial charge in [0.05, 0.1) is 6.04 Å². The number of hydrogen-bond donors (Lipinski definition) is 2. The van der Waals surface area contributed by atoms with Gasteiger partial charge in [-0.15, -0.1) is 0 Å². The van der Waals surface area contributed by atoms with Gasteiger partial charge in [-0.25, -0.2) is 5.10 Å². The van der Waals surface area contributed by atoms with Crippen LogP contribution in [0.2, 0.25) is 0 Å². The molecule has 0 radical (unpaired) electrons. The van der Waals surface area contributed by atoms with Crippen molar-refractivity contribution >= 4 is 5.91 Å². The number of carbonyl (C=O) groups is 1. The maximum atomic E-state index is 12.0. The first-order valence-electron chi connectivity index (χ1n) is 6.55. The monoisotopic (exact) mass is 271 g/mol. The second kappa shape index (κ2) is 6.14. The van der Waals surface area contributed by atoms with Gasteiger partial charge in [0.2, 0.25) is 0 Å². The third-order valence-corrected chi connectivity index (χ3v) is 3.15. The number of aromatic amines is 1. The van der Waals surface area contributed by atoms with Crippen molar-refractivity contribution in [2.45, 2.75) is 26.3 Å². The van der Waals surface area contributed by atoms with Crippen molar-refractivity contribution in [2.24, 2.45) is 0 Å². The number of aromatic nitrogens is 2. The molecule has 0 aliphatic rings. The quantitative estimate of drug-likeness (QED) is 0.890. The Morgan fingerprint density at radius 1 is 1.25 bits per heavy atom. The molecule has 1 amide bonds. The summed E-state index contributed by atoms with van der Waals surface area (Å²) in [7, 11) is 0. The van der Waals surface area contributed by atoms with E-state index in [1.54, 1.807) is 0 Å². The molecule has 5 nitrogen and oxygen atoms in total. The van der Waals surface area contributed by atoms with E-state index in [1.165, 1.54) is 17.7 Å². The smallest absolute Gasteiger partial charge is 0.272 e. The predicted octanol–water partition coefficient (Wildman–Crippen LogP) is 1.82. The Morgan fingerprint density at radius 2 is 1.95 bits per heavy atom. The van der Waals surface area contributed by atoms with Gasteiger partial charge in [-0.3, -0.25) is 9.59 Å². The molecule has 2 aromatic rings. The lowest BCUT2D eigenvalue weighted by Gasteiger charge is -2.14. The summed E-state index contributed by atoms with van der Waals surface area (Å²) >= 11 is 0. The molecule has 1 unspecified atom stereocenters. The second-order valence-electron chi connectivity index (χ2n) is 4.60. The summed E-state index contributed by atoms with van der Waals surface area (Å²) < 4.78 is 0. The molecule has 0 saturated heterocycles. The minimum absolute atomic E-state index is 0.123. The Bertz CT molecular complexity index is 626. The van der Waals surface area contributed by atoms with Gasteiger partial charge in [0.25, 0.3) is 11.5 Å². The Kier molecular flexibility index (Phi) is 4.30. The number of hydrogen-bond acceptors (Lipinski definition) is 3. The normalized spacial score (nSPS) is 11.9. The van der Waals surface area contributed by atoms with Crippen LogP contribution < -0.4 is 10.9 Å². The fourth-order valence-corrected chi connectivity index (χ4v) is 1.87. The van der Waals surface area contributed by atoms with Gasteiger partial charge in [0.1, 0.15) is 5.69 Å². The summed E-state index contributed by atoms with van der Waals surface area (Å²) in [6.07, 6.45) is 0.988. The van der Waals surface area contributed by atoms with Crippen LogP contribution in [-0.2, 0) is 6.42 Å². The average molecular weight is 271 g/mol. The van der Waals surface area contributed by atoms with Crippen LogP contribution in [0.1, 0.15) is 41.5 Å². The summed E-state index contributed by atoms with van der Waals surface area (Å²) in [4.78, 5) is 22.9. The van der Waals surface area contributed by atoms with Gasteiger partial charge in [-0.05, 0) is 30.5 Å². The zero-order chi connectivity index (χ0) is 14.5. The van der Waals surface area contributed by atoms with Crippen LogP contribution in [-0.4, -0.2) is 16.1 Å². The second-order valence-corrected chi connectivity index (χ2v) is 4.60. The van der Waals surface area contributed by atoms with E-state index in [0.29, 0.717) is 0 Å². The minimum Gasteiger partial charge on any atom is -0.344 e. The molecule has 1 aromatic carbocycles. The Hall–Kier alpha value is -2.43. The van der Waals surface area contributed by atoms with Crippen molar-refractivity contribution in [3.8, 4) is 0 Å². The summed E-state index contributed by atoms with van der Waals surface area (Å²) in [6, 6.07) is 10.7. The van der Waals surface area contributed by atoms with Gasteiger partial charge < -0.3 is 5.32 Å². The molecule has 104 valence electrons. The Balaban J connectivity index is 2.06. The zero-order valence-corrected chi connectivity index (χ0v) is 11.5. The maximum absolute atomic E-state index is 12.0. The molecule has 5 heteroatoms. The van der Waals surface area contributed by atoms with E-state index in [0.717, 1.165) is 12.0 Å². The lowest BCUT2D eigenvalue weighted by Crippen LogP contribution is -2.28. The number of nitrogens with zero attached hydrogens (tertiary/aromatic N) is 1. The van der Waals surface area contributed by atoms with Crippen LogP contribution in [0.15, 0.2) is 41.2 Å². The Morgan fingerprint density at radius 3 is 2.50 bits per heavy atom. The number of rotatable bonds is 4. The first-order valence-corrected chi connectivity index (χ1v) is 6.55. The van der Waals surface area contributed by atoms with Crippen molar-refractivity contribution in [1.82, 2.24) is 15.5 Å². The standard InChI is InChI=1S/C15H17N3O2/c1-3-11-4-6-12(7-5-11)10(2)16-15(20)13-8-9-14(19)18-17-13/h4-10H,3H2,1-2H3,(H,16,20)(H,18,19).